The lowest BCUT2D eigenvalue weighted by Gasteiger charge is -2.02. The summed E-state index contributed by atoms with van der Waals surface area (Å²) in [5.41, 5.74) is 0. The largest absolute Gasteiger partial charge is 0.370 e. The summed E-state index contributed by atoms with van der Waals surface area (Å²) >= 11 is 0. The second-order valence-corrected chi connectivity index (χ2v) is 2.12. The minimum atomic E-state index is 0.894. The average molecular weight is 138 g/mol. The van der Waals surface area contributed by atoms with E-state index in [-0.39, 0.29) is 0 Å². The summed E-state index contributed by atoms with van der Waals surface area (Å²) in [6.45, 7) is 4.62. The highest BCUT2D eigenvalue weighted by Crippen LogP contribution is 2.01. The van der Waals surface area contributed by atoms with Crippen LogP contribution in [0.3, 0.4) is 0 Å². The van der Waals surface area contributed by atoms with Crippen LogP contribution in [0.5, 0.6) is 0 Å². The van der Waals surface area contributed by atoms with E-state index in [1.54, 1.807) is 10.9 Å². The molecule has 0 bridgehead atoms. The Labute approximate surface area is 61.0 Å². The van der Waals surface area contributed by atoms with E-state index in [1.165, 1.54) is 0 Å². The van der Waals surface area contributed by atoms with Gasteiger partial charge in [0.05, 0.1) is 6.20 Å². The molecule has 1 rings (SSSR count). The Hall–Kier alpha value is -0.990. The molecule has 1 N–H and O–H groups in total. The number of aromatic nitrogens is 2. The van der Waals surface area contributed by atoms with E-state index in [2.05, 4.69) is 17.3 Å². The lowest BCUT2D eigenvalue weighted by molar-refractivity contribution is 0.768. The van der Waals surface area contributed by atoms with Crippen molar-refractivity contribution in [2.45, 2.75) is 6.42 Å². The van der Waals surface area contributed by atoms with Gasteiger partial charge in [-0.25, -0.2) is 0 Å². The second kappa shape index (κ2) is 3.25. The first-order valence-electron chi connectivity index (χ1n) is 3.35. The molecule has 0 aliphatic heterocycles. The third-order valence-corrected chi connectivity index (χ3v) is 1.30. The van der Waals surface area contributed by atoms with E-state index in [1.807, 2.05) is 13.1 Å². The van der Waals surface area contributed by atoms with Gasteiger partial charge in [0, 0.05) is 19.7 Å². The highest BCUT2D eigenvalue weighted by Gasteiger charge is 1.92. The number of nitrogens with one attached hydrogen (secondary N) is 1. The smallest absolute Gasteiger partial charge is 0.123 e. The van der Waals surface area contributed by atoms with Crippen molar-refractivity contribution in [1.29, 1.82) is 0 Å². The standard InChI is InChI=1S/C7H12N3/c1-3-5-8-7-4-6-9-10(7)2/h4,6,8H,1,3,5H2,2H3. The van der Waals surface area contributed by atoms with E-state index >= 15 is 0 Å². The van der Waals surface area contributed by atoms with Crippen LogP contribution in [0.4, 0.5) is 5.82 Å². The summed E-state index contributed by atoms with van der Waals surface area (Å²) in [6, 6.07) is 1.94. The van der Waals surface area contributed by atoms with Crippen molar-refractivity contribution in [3.8, 4) is 0 Å². The Balaban J connectivity index is 2.49. The fourth-order valence-electron chi connectivity index (χ4n) is 0.764. The van der Waals surface area contributed by atoms with Crippen LogP contribution in [0.2, 0.25) is 0 Å². The van der Waals surface area contributed by atoms with Crippen molar-refractivity contribution >= 4 is 5.82 Å². The molecule has 0 spiro atoms. The maximum absolute atomic E-state index is 4.00. The molecular weight excluding hydrogens is 126 g/mol. The Bertz CT molecular complexity index is 192. The van der Waals surface area contributed by atoms with Gasteiger partial charge >= 0.3 is 0 Å². The minimum absolute atomic E-state index is 0.894. The Morgan fingerprint density at radius 2 is 2.60 bits per heavy atom. The summed E-state index contributed by atoms with van der Waals surface area (Å²) in [7, 11) is 1.91. The number of nitrogens with zero attached hydrogens (tertiary/aromatic N) is 2. The Morgan fingerprint density at radius 1 is 1.80 bits per heavy atom. The van der Waals surface area contributed by atoms with Gasteiger partial charge in [0.15, 0.2) is 0 Å². The molecule has 0 saturated carbocycles. The molecule has 0 unspecified atom stereocenters. The van der Waals surface area contributed by atoms with Gasteiger partial charge < -0.3 is 5.32 Å². The molecule has 10 heavy (non-hydrogen) atoms. The van der Waals surface area contributed by atoms with Gasteiger partial charge in [-0.1, -0.05) is 6.92 Å². The number of aryl methyl sites for hydroxylation is 1. The van der Waals surface area contributed by atoms with Crippen molar-refractivity contribution in [1.82, 2.24) is 9.78 Å². The maximum atomic E-state index is 4.00. The fraction of sp³-hybridized carbons (Fsp3) is 0.429. The summed E-state index contributed by atoms with van der Waals surface area (Å²) in [5, 5.41) is 7.18. The van der Waals surface area contributed by atoms with Gasteiger partial charge in [0.2, 0.25) is 0 Å². The van der Waals surface area contributed by atoms with Crippen LogP contribution >= 0.6 is 0 Å². The fourth-order valence-corrected chi connectivity index (χ4v) is 0.764. The number of hydrogen-bond acceptors (Lipinski definition) is 2. The van der Waals surface area contributed by atoms with Gasteiger partial charge in [-0.15, -0.1) is 0 Å². The van der Waals surface area contributed by atoms with Gasteiger partial charge in [-0.3, -0.25) is 4.68 Å². The van der Waals surface area contributed by atoms with Crippen LogP contribution in [0.25, 0.3) is 0 Å². The molecule has 3 heteroatoms. The predicted octanol–water partition coefficient (Wildman–Crippen LogP) is 1.06. The first kappa shape index (κ1) is 7.12. The Morgan fingerprint density at radius 3 is 3.10 bits per heavy atom. The molecule has 0 fully saturated rings. The van der Waals surface area contributed by atoms with Gasteiger partial charge in [-0.05, 0) is 6.42 Å². The topological polar surface area (TPSA) is 29.9 Å². The molecule has 0 aromatic carbocycles. The van der Waals surface area contributed by atoms with Gasteiger partial charge in [-0.2, -0.15) is 5.10 Å². The zero-order chi connectivity index (χ0) is 7.40. The van der Waals surface area contributed by atoms with Crippen LogP contribution in [-0.2, 0) is 7.05 Å². The summed E-state index contributed by atoms with van der Waals surface area (Å²) in [4.78, 5) is 0. The molecule has 0 saturated heterocycles. The molecule has 0 aliphatic carbocycles. The van der Waals surface area contributed by atoms with E-state index in [0.29, 0.717) is 0 Å². The number of hydrogen-bond donors (Lipinski definition) is 1. The van der Waals surface area contributed by atoms with Gasteiger partial charge in [0.25, 0.3) is 0 Å². The van der Waals surface area contributed by atoms with Crippen molar-refractivity contribution in [2.75, 3.05) is 11.9 Å². The quantitative estimate of drug-likeness (QED) is 0.676. The first-order chi connectivity index (χ1) is 4.84. The third-order valence-electron chi connectivity index (χ3n) is 1.30. The van der Waals surface area contributed by atoms with E-state index in [9.17, 15) is 0 Å². The van der Waals surface area contributed by atoms with Crippen molar-refractivity contribution in [2.24, 2.45) is 7.05 Å². The monoisotopic (exact) mass is 138 g/mol. The van der Waals surface area contributed by atoms with Crippen LogP contribution in [0.1, 0.15) is 6.42 Å². The molecule has 1 radical (unpaired) electrons. The second-order valence-electron chi connectivity index (χ2n) is 2.12. The predicted molar refractivity (Wildman–Crippen MR) is 41.7 cm³/mol. The van der Waals surface area contributed by atoms with Gasteiger partial charge in [0.1, 0.15) is 5.82 Å². The lowest BCUT2D eigenvalue weighted by Crippen LogP contribution is -2.04. The molecule has 0 aliphatic rings. The van der Waals surface area contributed by atoms with Crippen LogP contribution < -0.4 is 5.32 Å². The highest BCUT2D eigenvalue weighted by molar-refractivity contribution is 5.33. The molecule has 1 heterocycles. The summed E-state index contributed by atoms with van der Waals surface area (Å²) in [6.07, 6.45) is 2.66. The minimum Gasteiger partial charge on any atom is -0.370 e. The number of rotatable bonds is 3. The highest BCUT2D eigenvalue weighted by atomic mass is 15.3. The van der Waals surface area contributed by atoms with E-state index in [0.717, 1.165) is 18.8 Å². The zero-order valence-electron chi connectivity index (χ0n) is 6.17. The average Bonchev–Trinajstić information content (AvgIpc) is 2.31. The molecule has 0 atom stereocenters. The molecule has 1 aromatic heterocycles. The SMILES string of the molecule is [CH2]CCNc1ccnn1C. The molecular formula is C7H12N3. The normalized spacial score (nSPS) is 9.80. The number of anilines is 1. The zero-order valence-corrected chi connectivity index (χ0v) is 6.17. The van der Waals surface area contributed by atoms with Crippen LogP contribution in [0, 0.1) is 6.92 Å². The van der Waals surface area contributed by atoms with Crippen molar-refractivity contribution in [3.63, 3.8) is 0 Å². The molecule has 0 amide bonds. The molecule has 55 valence electrons. The third kappa shape index (κ3) is 1.50. The van der Waals surface area contributed by atoms with Crippen LogP contribution in [0.15, 0.2) is 12.3 Å². The summed E-state index contributed by atoms with van der Waals surface area (Å²) < 4.78 is 1.80. The van der Waals surface area contributed by atoms with Crippen molar-refractivity contribution < 1.29 is 0 Å². The summed E-state index contributed by atoms with van der Waals surface area (Å²) in [5.74, 6) is 1.05. The lowest BCUT2D eigenvalue weighted by atomic mass is 10.5. The van der Waals surface area contributed by atoms with Crippen molar-refractivity contribution in [3.05, 3.63) is 19.2 Å². The first-order valence-corrected chi connectivity index (χ1v) is 3.35. The van der Waals surface area contributed by atoms with Crippen LogP contribution in [-0.4, -0.2) is 16.3 Å². The molecule has 1 aromatic rings. The maximum Gasteiger partial charge on any atom is 0.123 e. The van der Waals surface area contributed by atoms with E-state index in [4.69, 9.17) is 0 Å². The molecule has 3 nitrogen and oxygen atoms in total. The van der Waals surface area contributed by atoms with E-state index < -0.39 is 0 Å². The Kier molecular flexibility index (Phi) is 2.31.